The first-order valence-electron chi connectivity index (χ1n) is 5.38. The number of hydrogen-bond donors (Lipinski definition) is 0. The number of nitrogens with zero attached hydrogens (tertiary/aromatic N) is 1. The smallest absolute Gasteiger partial charge is 0.134 e. The Morgan fingerprint density at radius 2 is 2.23 bits per heavy atom. The van der Waals surface area contributed by atoms with Gasteiger partial charge in [0, 0.05) is 24.4 Å². The molecule has 2 saturated heterocycles. The molecule has 0 spiro atoms. The van der Waals surface area contributed by atoms with Crippen LogP contribution < -0.4 is 0 Å². The second-order valence-corrected chi connectivity index (χ2v) is 5.04. The Balaban J connectivity index is 2.14. The molecule has 0 amide bonds. The van der Waals surface area contributed by atoms with Gasteiger partial charge in [0.25, 0.3) is 0 Å². The van der Waals surface area contributed by atoms with E-state index in [0.717, 1.165) is 25.8 Å². The average molecular weight is 181 g/mol. The summed E-state index contributed by atoms with van der Waals surface area (Å²) in [6, 6.07) is 0.560. The molecule has 74 valence electrons. The average Bonchev–Trinajstić information content (AvgIpc) is 2.26. The summed E-state index contributed by atoms with van der Waals surface area (Å²) in [4.78, 5) is 14.0. The van der Waals surface area contributed by atoms with Gasteiger partial charge in [0.05, 0.1) is 0 Å². The first-order valence-corrected chi connectivity index (χ1v) is 5.38. The standard InChI is InChI=1S/C11H19NO/c1-11(2)6-5-9-8-10(13)4-3-7-12(9)11/h9H,3-8H2,1-2H3. The van der Waals surface area contributed by atoms with E-state index in [1.165, 1.54) is 12.8 Å². The van der Waals surface area contributed by atoms with Crippen LogP contribution in [0.25, 0.3) is 0 Å². The molecule has 0 aliphatic carbocycles. The highest BCUT2D eigenvalue weighted by Gasteiger charge is 2.40. The van der Waals surface area contributed by atoms with Crippen molar-refractivity contribution in [1.29, 1.82) is 0 Å². The first kappa shape index (κ1) is 9.20. The number of carbonyl (C=O) groups is 1. The molecule has 0 bridgehead atoms. The molecule has 0 aromatic rings. The molecule has 0 radical (unpaired) electrons. The Kier molecular flexibility index (Phi) is 2.18. The number of Topliss-reactive ketones (excluding diaryl/α,β-unsaturated/α-hetero) is 1. The van der Waals surface area contributed by atoms with E-state index in [1.807, 2.05) is 0 Å². The Labute approximate surface area is 80.3 Å². The molecule has 2 heterocycles. The molecule has 2 rings (SSSR count). The second kappa shape index (κ2) is 3.09. The van der Waals surface area contributed by atoms with Crippen molar-refractivity contribution < 1.29 is 4.79 Å². The Hall–Kier alpha value is -0.370. The molecule has 2 nitrogen and oxygen atoms in total. The monoisotopic (exact) mass is 181 g/mol. The van der Waals surface area contributed by atoms with Crippen LogP contribution in [0.3, 0.4) is 0 Å². The first-order chi connectivity index (χ1) is 6.09. The van der Waals surface area contributed by atoms with E-state index in [1.54, 1.807) is 0 Å². The number of rotatable bonds is 0. The molecule has 0 aromatic heterocycles. The van der Waals surface area contributed by atoms with Gasteiger partial charge < -0.3 is 0 Å². The normalized spacial score (nSPS) is 34.3. The van der Waals surface area contributed by atoms with Gasteiger partial charge in [0.15, 0.2) is 0 Å². The lowest BCUT2D eigenvalue weighted by Gasteiger charge is -2.34. The minimum atomic E-state index is 0.343. The van der Waals surface area contributed by atoms with Gasteiger partial charge in [-0.2, -0.15) is 0 Å². The maximum Gasteiger partial charge on any atom is 0.134 e. The fourth-order valence-corrected chi connectivity index (χ4v) is 2.82. The summed E-state index contributed by atoms with van der Waals surface area (Å²) in [5.74, 6) is 0.477. The van der Waals surface area contributed by atoms with Gasteiger partial charge in [0.1, 0.15) is 5.78 Å². The predicted molar refractivity (Wildman–Crippen MR) is 52.7 cm³/mol. The van der Waals surface area contributed by atoms with Gasteiger partial charge in [0.2, 0.25) is 0 Å². The summed E-state index contributed by atoms with van der Waals surface area (Å²) in [6.07, 6.45) is 5.16. The molecule has 1 unspecified atom stereocenters. The van der Waals surface area contributed by atoms with Gasteiger partial charge in [-0.05, 0) is 39.7 Å². The van der Waals surface area contributed by atoms with Crippen LogP contribution in [0.15, 0.2) is 0 Å². The molecule has 2 aliphatic rings. The zero-order valence-electron chi connectivity index (χ0n) is 8.68. The van der Waals surface area contributed by atoms with Crippen LogP contribution >= 0.6 is 0 Å². The third-order valence-electron chi connectivity index (χ3n) is 3.63. The summed E-state index contributed by atoms with van der Waals surface area (Å²) in [5.41, 5.74) is 0.343. The van der Waals surface area contributed by atoms with Crippen LogP contribution in [0.2, 0.25) is 0 Å². The predicted octanol–water partition coefficient (Wildman–Crippen LogP) is 1.98. The Bertz CT molecular complexity index is 222. The maximum atomic E-state index is 11.4. The minimum absolute atomic E-state index is 0.343. The molecule has 0 N–H and O–H groups in total. The van der Waals surface area contributed by atoms with E-state index in [4.69, 9.17) is 0 Å². The van der Waals surface area contributed by atoms with E-state index in [0.29, 0.717) is 17.4 Å². The van der Waals surface area contributed by atoms with Gasteiger partial charge in [-0.3, -0.25) is 9.69 Å². The van der Waals surface area contributed by atoms with E-state index < -0.39 is 0 Å². The van der Waals surface area contributed by atoms with E-state index in [9.17, 15) is 4.79 Å². The number of hydrogen-bond acceptors (Lipinski definition) is 2. The highest BCUT2D eigenvalue weighted by molar-refractivity contribution is 5.79. The summed E-state index contributed by atoms with van der Waals surface area (Å²) >= 11 is 0. The fraction of sp³-hybridized carbons (Fsp3) is 0.909. The van der Waals surface area contributed by atoms with Crippen LogP contribution in [-0.4, -0.2) is 28.8 Å². The number of carbonyl (C=O) groups excluding carboxylic acids is 1. The molecule has 0 aromatic carbocycles. The zero-order chi connectivity index (χ0) is 9.47. The van der Waals surface area contributed by atoms with Crippen molar-refractivity contribution in [2.45, 2.75) is 57.5 Å². The molecular weight excluding hydrogens is 162 g/mol. The Morgan fingerprint density at radius 1 is 1.46 bits per heavy atom. The zero-order valence-corrected chi connectivity index (χ0v) is 8.68. The van der Waals surface area contributed by atoms with Crippen molar-refractivity contribution >= 4 is 5.78 Å². The number of ketones is 1. The van der Waals surface area contributed by atoms with Gasteiger partial charge in [-0.25, -0.2) is 0 Å². The lowest BCUT2D eigenvalue weighted by Crippen LogP contribution is -2.42. The molecule has 2 aliphatic heterocycles. The minimum Gasteiger partial charge on any atom is -0.300 e. The molecule has 13 heavy (non-hydrogen) atoms. The Morgan fingerprint density at radius 3 is 3.00 bits per heavy atom. The van der Waals surface area contributed by atoms with E-state index in [2.05, 4.69) is 18.7 Å². The van der Waals surface area contributed by atoms with Crippen molar-refractivity contribution in [3.05, 3.63) is 0 Å². The van der Waals surface area contributed by atoms with Crippen LogP contribution in [0.4, 0.5) is 0 Å². The van der Waals surface area contributed by atoms with E-state index >= 15 is 0 Å². The van der Waals surface area contributed by atoms with Crippen molar-refractivity contribution in [2.75, 3.05) is 6.54 Å². The molecule has 2 heteroatoms. The van der Waals surface area contributed by atoms with Crippen molar-refractivity contribution in [3.63, 3.8) is 0 Å². The SMILES string of the molecule is CC1(C)CCC2CC(=O)CCCN21. The topological polar surface area (TPSA) is 20.3 Å². The molecule has 0 saturated carbocycles. The van der Waals surface area contributed by atoms with Crippen molar-refractivity contribution in [3.8, 4) is 0 Å². The summed E-state index contributed by atoms with van der Waals surface area (Å²) < 4.78 is 0. The van der Waals surface area contributed by atoms with Crippen LogP contribution in [0.5, 0.6) is 0 Å². The largest absolute Gasteiger partial charge is 0.300 e. The fourth-order valence-electron chi connectivity index (χ4n) is 2.82. The third-order valence-corrected chi connectivity index (χ3v) is 3.63. The summed E-state index contributed by atoms with van der Waals surface area (Å²) in [6.45, 7) is 5.75. The highest BCUT2D eigenvalue weighted by atomic mass is 16.1. The van der Waals surface area contributed by atoms with Crippen LogP contribution in [0, 0.1) is 0 Å². The van der Waals surface area contributed by atoms with Crippen LogP contribution in [-0.2, 0) is 4.79 Å². The van der Waals surface area contributed by atoms with E-state index in [-0.39, 0.29) is 0 Å². The van der Waals surface area contributed by atoms with Crippen molar-refractivity contribution in [1.82, 2.24) is 4.90 Å². The lowest BCUT2D eigenvalue weighted by molar-refractivity contribution is -0.119. The maximum absolute atomic E-state index is 11.4. The van der Waals surface area contributed by atoms with Gasteiger partial charge >= 0.3 is 0 Å². The summed E-state index contributed by atoms with van der Waals surface area (Å²) in [5, 5.41) is 0. The van der Waals surface area contributed by atoms with Gasteiger partial charge in [-0.15, -0.1) is 0 Å². The highest BCUT2D eigenvalue weighted by Crippen LogP contribution is 2.36. The third kappa shape index (κ3) is 1.64. The quantitative estimate of drug-likeness (QED) is 0.569. The van der Waals surface area contributed by atoms with Gasteiger partial charge in [-0.1, -0.05) is 0 Å². The number of fused-ring (bicyclic) bond motifs is 1. The lowest BCUT2D eigenvalue weighted by atomic mass is 10.0. The summed E-state index contributed by atoms with van der Waals surface area (Å²) in [7, 11) is 0. The van der Waals surface area contributed by atoms with Crippen LogP contribution in [0.1, 0.15) is 46.0 Å². The molecule has 2 fully saturated rings. The molecular formula is C11H19NO. The second-order valence-electron chi connectivity index (χ2n) is 5.04. The molecule has 1 atom stereocenters. The van der Waals surface area contributed by atoms with Crippen molar-refractivity contribution in [2.24, 2.45) is 0 Å².